The Morgan fingerprint density at radius 3 is 2.67 bits per heavy atom. The first kappa shape index (κ1) is 10.1. The van der Waals surface area contributed by atoms with Crippen LogP contribution in [0.1, 0.15) is 6.42 Å². The molecule has 4 heteroatoms. The van der Waals surface area contributed by atoms with Gasteiger partial charge in [-0.2, -0.15) is 11.8 Å². The lowest BCUT2D eigenvalue weighted by Gasteiger charge is -2.34. The minimum Gasteiger partial charge on any atom is -0.395 e. The zero-order valence-electron chi connectivity index (χ0n) is 8.81. The predicted molar refractivity (Wildman–Crippen MR) is 58.7 cm³/mol. The van der Waals surface area contributed by atoms with Gasteiger partial charge in [0.25, 0.3) is 0 Å². The van der Waals surface area contributed by atoms with Crippen LogP contribution in [0, 0.1) is 11.8 Å². The predicted octanol–water partition coefficient (Wildman–Crippen LogP) is 1.03. The van der Waals surface area contributed by atoms with Crippen molar-refractivity contribution in [1.29, 1.82) is 0 Å². The average molecular weight is 228 g/mol. The molecular formula is C11H16O3S. The van der Waals surface area contributed by atoms with E-state index >= 15 is 0 Å². The molecule has 84 valence electrons. The van der Waals surface area contributed by atoms with Gasteiger partial charge in [-0.1, -0.05) is 12.2 Å². The summed E-state index contributed by atoms with van der Waals surface area (Å²) in [5, 5.41) is 9.67. The van der Waals surface area contributed by atoms with Crippen LogP contribution in [0.15, 0.2) is 12.2 Å². The first-order chi connectivity index (χ1) is 7.27. The smallest absolute Gasteiger partial charge is 0.176 e. The molecule has 0 amide bonds. The van der Waals surface area contributed by atoms with Crippen molar-refractivity contribution >= 4 is 11.8 Å². The first-order valence-corrected chi connectivity index (χ1v) is 6.62. The van der Waals surface area contributed by atoms with Gasteiger partial charge < -0.3 is 14.6 Å². The maximum atomic E-state index is 9.67. The van der Waals surface area contributed by atoms with E-state index in [4.69, 9.17) is 9.47 Å². The monoisotopic (exact) mass is 228 g/mol. The van der Waals surface area contributed by atoms with Gasteiger partial charge in [-0.25, -0.2) is 0 Å². The van der Waals surface area contributed by atoms with Crippen LogP contribution in [0.5, 0.6) is 0 Å². The average Bonchev–Trinajstić information content (AvgIpc) is 2.91. The van der Waals surface area contributed by atoms with Crippen LogP contribution < -0.4 is 0 Å². The van der Waals surface area contributed by atoms with Crippen LogP contribution in [0.25, 0.3) is 0 Å². The Morgan fingerprint density at radius 2 is 2.13 bits per heavy atom. The summed E-state index contributed by atoms with van der Waals surface area (Å²) in [5.74, 6) is 0.170. The molecule has 3 nitrogen and oxygen atoms in total. The van der Waals surface area contributed by atoms with Gasteiger partial charge in [-0.3, -0.25) is 0 Å². The van der Waals surface area contributed by atoms with Crippen molar-refractivity contribution in [3.63, 3.8) is 0 Å². The van der Waals surface area contributed by atoms with E-state index in [2.05, 4.69) is 18.4 Å². The molecule has 0 aromatic carbocycles. The molecule has 3 rings (SSSR count). The van der Waals surface area contributed by atoms with E-state index in [-0.39, 0.29) is 17.3 Å². The zero-order chi connectivity index (χ0) is 10.5. The second kappa shape index (κ2) is 3.23. The molecule has 1 N–H and O–H groups in total. The number of rotatable bonds is 2. The molecule has 15 heavy (non-hydrogen) atoms. The number of ether oxygens (including phenoxy) is 2. The second-order valence-electron chi connectivity index (χ2n) is 4.50. The van der Waals surface area contributed by atoms with Crippen molar-refractivity contribution in [3.05, 3.63) is 12.2 Å². The molecule has 1 heterocycles. The summed E-state index contributed by atoms with van der Waals surface area (Å²) in [7, 11) is 0. The van der Waals surface area contributed by atoms with E-state index in [9.17, 15) is 5.11 Å². The molecule has 2 bridgehead atoms. The molecule has 0 aromatic rings. The lowest BCUT2D eigenvalue weighted by atomic mass is 9.94. The Balaban J connectivity index is 1.98. The fourth-order valence-electron chi connectivity index (χ4n) is 3.32. The SMILES string of the molecule is CS[C@]1(CO)[C@H]2C=C[C@H]1C1(C2)OCCO1. The van der Waals surface area contributed by atoms with Gasteiger partial charge in [0, 0.05) is 12.3 Å². The number of aliphatic hydroxyl groups is 1. The first-order valence-electron chi connectivity index (χ1n) is 5.40. The van der Waals surface area contributed by atoms with E-state index in [1.807, 2.05) is 0 Å². The fraction of sp³-hybridized carbons (Fsp3) is 0.818. The van der Waals surface area contributed by atoms with Crippen molar-refractivity contribution < 1.29 is 14.6 Å². The van der Waals surface area contributed by atoms with Crippen molar-refractivity contribution in [2.45, 2.75) is 17.0 Å². The Morgan fingerprint density at radius 1 is 1.40 bits per heavy atom. The molecule has 2 fully saturated rings. The number of hydrogen-bond donors (Lipinski definition) is 1. The Bertz CT molecular complexity index is 292. The van der Waals surface area contributed by atoms with Crippen LogP contribution in [0.3, 0.4) is 0 Å². The van der Waals surface area contributed by atoms with E-state index in [1.54, 1.807) is 11.8 Å². The van der Waals surface area contributed by atoms with Crippen molar-refractivity contribution in [1.82, 2.24) is 0 Å². The zero-order valence-corrected chi connectivity index (χ0v) is 9.63. The number of fused-ring (bicyclic) bond motifs is 3. The molecule has 0 aromatic heterocycles. The molecule has 1 spiro atoms. The summed E-state index contributed by atoms with van der Waals surface area (Å²) in [5.41, 5.74) is 0. The number of allylic oxidation sites excluding steroid dienone is 1. The van der Waals surface area contributed by atoms with E-state index in [1.165, 1.54) is 0 Å². The standard InChI is InChI=1S/C11H16O3S/c1-15-10(7-12)8-2-3-9(10)11(6-8)13-4-5-14-11/h2-3,8-9,12H,4-7H2,1H3/t8-,9+,10+/m0/s1. The summed E-state index contributed by atoms with van der Waals surface area (Å²) in [6.45, 7) is 1.57. The lowest BCUT2D eigenvalue weighted by Crippen LogP contribution is -2.43. The van der Waals surface area contributed by atoms with E-state index in [0.29, 0.717) is 19.1 Å². The highest BCUT2D eigenvalue weighted by Gasteiger charge is 2.65. The minimum absolute atomic E-state index is 0.107. The van der Waals surface area contributed by atoms with Crippen LogP contribution in [0.2, 0.25) is 0 Å². The molecule has 1 aliphatic heterocycles. The van der Waals surface area contributed by atoms with Gasteiger partial charge in [0.15, 0.2) is 5.79 Å². The van der Waals surface area contributed by atoms with Gasteiger partial charge in [0.1, 0.15) is 0 Å². The normalized spacial score (nSPS) is 45.7. The highest BCUT2D eigenvalue weighted by molar-refractivity contribution is 8.00. The Hall–Kier alpha value is -0.0300. The number of hydrogen-bond acceptors (Lipinski definition) is 4. The van der Waals surface area contributed by atoms with Gasteiger partial charge in [-0.05, 0) is 12.2 Å². The van der Waals surface area contributed by atoms with Crippen LogP contribution >= 0.6 is 11.8 Å². The number of thioether (sulfide) groups is 1. The largest absolute Gasteiger partial charge is 0.395 e. The lowest BCUT2D eigenvalue weighted by molar-refractivity contribution is -0.176. The van der Waals surface area contributed by atoms with Crippen molar-refractivity contribution in [3.8, 4) is 0 Å². The molecule has 2 aliphatic carbocycles. The molecule has 1 saturated carbocycles. The maximum absolute atomic E-state index is 9.67. The topological polar surface area (TPSA) is 38.7 Å². The quantitative estimate of drug-likeness (QED) is 0.716. The molecule has 0 unspecified atom stereocenters. The van der Waals surface area contributed by atoms with Crippen molar-refractivity contribution in [2.75, 3.05) is 26.1 Å². The fourth-order valence-corrected chi connectivity index (χ4v) is 4.43. The summed E-state index contributed by atoms with van der Waals surface area (Å²) in [6, 6.07) is 0. The summed E-state index contributed by atoms with van der Waals surface area (Å²) < 4.78 is 11.5. The van der Waals surface area contributed by atoms with Crippen LogP contribution in [-0.2, 0) is 9.47 Å². The van der Waals surface area contributed by atoms with Crippen LogP contribution in [-0.4, -0.2) is 41.7 Å². The van der Waals surface area contributed by atoms with Gasteiger partial charge in [0.2, 0.25) is 0 Å². The van der Waals surface area contributed by atoms with Crippen molar-refractivity contribution in [2.24, 2.45) is 11.8 Å². The summed E-state index contributed by atoms with van der Waals surface area (Å²) >= 11 is 1.75. The second-order valence-corrected chi connectivity index (χ2v) is 5.67. The summed E-state index contributed by atoms with van der Waals surface area (Å²) in [6.07, 6.45) is 7.35. The van der Waals surface area contributed by atoms with Gasteiger partial charge in [0.05, 0.1) is 24.6 Å². The van der Waals surface area contributed by atoms with Crippen LogP contribution in [0.4, 0.5) is 0 Å². The third kappa shape index (κ3) is 1.08. The Labute approximate surface area is 93.8 Å². The third-order valence-electron chi connectivity index (χ3n) is 4.07. The molecule has 3 atom stereocenters. The molecule has 1 saturated heterocycles. The molecule has 0 radical (unpaired) electrons. The maximum Gasteiger partial charge on any atom is 0.176 e. The van der Waals surface area contributed by atoms with Gasteiger partial charge >= 0.3 is 0 Å². The molecule has 3 aliphatic rings. The van der Waals surface area contributed by atoms with E-state index in [0.717, 1.165) is 6.42 Å². The molecular weight excluding hydrogens is 212 g/mol. The third-order valence-corrected chi connectivity index (χ3v) is 5.52. The summed E-state index contributed by atoms with van der Waals surface area (Å²) in [4.78, 5) is 0. The number of aliphatic hydroxyl groups excluding tert-OH is 1. The Kier molecular flexibility index (Phi) is 2.19. The van der Waals surface area contributed by atoms with E-state index < -0.39 is 5.79 Å². The highest BCUT2D eigenvalue weighted by Crippen LogP contribution is 2.61. The highest BCUT2D eigenvalue weighted by atomic mass is 32.2. The van der Waals surface area contributed by atoms with Gasteiger partial charge in [-0.15, -0.1) is 0 Å². The minimum atomic E-state index is -0.425.